The second-order valence-corrected chi connectivity index (χ2v) is 5.75. The Balaban J connectivity index is 2.31. The zero-order valence-corrected chi connectivity index (χ0v) is 11.4. The molecule has 1 heterocycles. The molecular formula is C13H12N2O4S. The van der Waals surface area contributed by atoms with E-state index in [1.54, 1.807) is 25.3 Å². The number of carbonyl (C=O) groups is 1. The third-order valence-electron chi connectivity index (χ3n) is 2.66. The third-order valence-corrected chi connectivity index (χ3v) is 4.04. The Hall–Kier alpha value is -2.41. The van der Waals surface area contributed by atoms with E-state index >= 15 is 0 Å². The second-order valence-electron chi connectivity index (χ2n) is 4.07. The topological polar surface area (TPSA) is 96.4 Å². The van der Waals surface area contributed by atoms with E-state index in [1.807, 2.05) is 0 Å². The summed E-state index contributed by atoms with van der Waals surface area (Å²) in [6, 6.07) is 8.21. The zero-order chi connectivity index (χ0) is 14.8. The number of aromatic nitrogens is 1. The van der Waals surface area contributed by atoms with Crippen molar-refractivity contribution in [3.8, 4) is 0 Å². The lowest BCUT2D eigenvalue weighted by Gasteiger charge is -2.09. The van der Waals surface area contributed by atoms with Gasteiger partial charge in [-0.05, 0) is 43.3 Å². The molecule has 0 atom stereocenters. The smallest absolute Gasteiger partial charge is 0.335 e. The first-order valence-corrected chi connectivity index (χ1v) is 7.16. The van der Waals surface area contributed by atoms with Crippen LogP contribution < -0.4 is 4.72 Å². The molecule has 0 aliphatic carbocycles. The SMILES string of the molecule is Cc1ncccc1NS(=O)(=O)c1ccc(C(=O)O)cc1. The Bertz CT molecular complexity index is 739. The third kappa shape index (κ3) is 2.94. The summed E-state index contributed by atoms with van der Waals surface area (Å²) in [6.45, 7) is 1.69. The van der Waals surface area contributed by atoms with E-state index < -0.39 is 16.0 Å². The van der Waals surface area contributed by atoms with Crippen LogP contribution in [0, 0.1) is 6.92 Å². The molecule has 1 aromatic heterocycles. The van der Waals surface area contributed by atoms with Gasteiger partial charge in [0, 0.05) is 6.20 Å². The van der Waals surface area contributed by atoms with E-state index in [0.717, 1.165) is 0 Å². The number of benzene rings is 1. The summed E-state index contributed by atoms with van der Waals surface area (Å²) in [7, 11) is -3.76. The minimum absolute atomic E-state index is 0.00856. The van der Waals surface area contributed by atoms with Gasteiger partial charge in [-0.25, -0.2) is 13.2 Å². The highest BCUT2D eigenvalue weighted by Gasteiger charge is 2.16. The molecule has 0 saturated heterocycles. The summed E-state index contributed by atoms with van der Waals surface area (Å²) < 4.78 is 26.7. The molecule has 0 spiro atoms. The molecule has 0 aliphatic rings. The lowest BCUT2D eigenvalue weighted by molar-refractivity contribution is 0.0697. The zero-order valence-electron chi connectivity index (χ0n) is 10.6. The van der Waals surface area contributed by atoms with Crippen molar-refractivity contribution in [1.82, 2.24) is 4.98 Å². The average molecular weight is 292 g/mol. The Kier molecular flexibility index (Phi) is 3.71. The molecule has 6 nitrogen and oxygen atoms in total. The number of aromatic carboxylic acids is 1. The fourth-order valence-corrected chi connectivity index (χ4v) is 2.69. The highest BCUT2D eigenvalue weighted by atomic mass is 32.2. The maximum Gasteiger partial charge on any atom is 0.335 e. The highest BCUT2D eigenvalue weighted by Crippen LogP contribution is 2.18. The standard InChI is InChI=1S/C13H12N2O4S/c1-9-12(3-2-8-14-9)15-20(18,19)11-6-4-10(5-7-11)13(16)17/h2-8,15H,1H3,(H,16,17). The molecule has 0 radical (unpaired) electrons. The molecule has 20 heavy (non-hydrogen) atoms. The molecule has 7 heteroatoms. The normalized spacial score (nSPS) is 11.1. The number of carboxylic acid groups (broad SMARTS) is 1. The van der Waals surface area contributed by atoms with Crippen LogP contribution in [0.3, 0.4) is 0 Å². The van der Waals surface area contributed by atoms with Crippen LogP contribution in [-0.4, -0.2) is 24.5 Å². The Morgan fingerprint density at radius 3 is 2.40 bits per heavy atom. The van der Waals surface area contributed by atoms with Crippen LogP contribution in [0.4, 0.5) is 5.69 Å². The van der Waals surface area contributed by atoms with Gasteiger partial charge in [-0.15, -0.1) is 0 Å². The van der Waals surface area contributed by atoms with Crippen molar-refractivity contribution in [2.45, 2.75) is 11.8 Å². The number of aryl methyl sites for hydroxylation is 1. The van der Waals surface area contributed by atoms with E-state index in [2.05, 4.69) is 9.71 Å². The molecule has 0 bridgehead atoms. The van der Waals surface area contributed by atoms with Gasteiger partial charge in [0.2, 0.25) is 0 Å². The summed E-state index contributed by atoms with van der Waals surface area (Å²) >= 11 is 0. The molecule has 104 valence electrons. The van der Waals surface area contributed by atoms with Crippen LogP contribution in [0.5, 0.6) is 0 Å². The van der Waals surface area contributed by atoms with Gasteiger partial charge in [0.25, 0.3) is 10.0 Å². The molecule has 0 amide bonds. The van der Waals surface area contributed by atoms with Crippen molar-refractivity contribution in [3.05, 3.63) is 53.9 Å². The summed E-state index contributed by atoms with van der Waals surface area (Å²) in [5.74, 6) is -1.11. The van der Waals surface area contributed by atoms with Crippen LogP contribution in [0.25, 0.3) is 0 Å². The van der Waals surface area contributed by atoms with Crippen LogP contribution in [-0.2, 0) is 10.0 Å². The molecule has 2 N–H and O–H groups in total. The first-order chi connectivity index (χ1) is 9.40. The lowest BCUT2D eigenvalue weighted by Crippen LogP contribution is -2.14. The first-order valence-electron chi connectivity index (χ1n) is 5.68. The minimum atomic E-state index is -3.76. The van der Waals surface area contributed by atoms with E-state index in [4.69, 9.17) is 5.11 Å². The number of hydrogen-bond acceptors (Lipinski definition) is 4. The van der Waals surface area contributed by atoms with Gasteiger partial charge in [0.05, 0.1) is 21.8 Å². The molecule has 0 fully saturated rings. The first kappa shape index (κ1) is 14.0. The monoisotopic (exact) mass is 292 g/mol. The largest absolute Gasteiger partial charge is 0.478 e. The molecule has 0 unspecified atom stereocenters. The lowest BCUT2D eigenvalue weighted by atomic mass is 10.2. The predicted molar refractivity (Wildman–Crippen MR) is 73.2 cm³/mol. The van der Waals surface area contributed by atoms with Crippen molar-refractivity contribution in [2.24, 2.45) is 0 Å². The van der Waals surface area contributed by atoms with Crippen molar-refractivity contribution >= 4 is 21.7 Å². The molecule has 1 aromatic carbocycles. The average Bonchev–Trinajstić information content (AvgIpc) is 2.41. The van der Waals surface area contributed by atoms with Gasteiger partial charge in [-0.1, -0.05) is 0 Å². The van der Waals surface area contributed by atoms with Crippen molar-refractivity contribution in [2.75, 3.05) is 4.72 Å². The number of hydrogen-bond donors (Lipinski definition) is 2. The van der Waals surface area contributed by atoms with E-state index in [0.29, 0.717) is 11.4 Å². The summed E-state index contributed by atoms with van der Waals surface area (Å²) in [6.07, 6.45) is 1.56. The molecule has 2 rings (SSSR count). The maximum absolute atomic E-state index is 12.1. The van der Waals surface area contributed by atoms with Crippen LogP contribution >= 0.6 is 0 Å². The molecule has 0 saturated carbocycles. The number of rotatable bonds is 4. The summed E-state index contributed by atoms with van der Waals surface area (Å²) in [5, 5.41) is 8.78. The number of nitrogens with zero attached hydrogens (tertiary/aromatic N) is 1. The van der Waals surface area contributed by atoms with E-state index in [9.17, 15) is 13.2 Å². The van der Waals surface area contributed by atoms with Gasteiger partial charge in [-0.2, -0.15) is 0 Å². The highest BCUT2D eigenvalue weighted by molar-refractivity contribution is 7.92. The minimum Gasteiger partial charge on any atom is -0.478 e. The number of pyridine rings is 1. The van der Waals surface area contributed by atoms with Gasteiger partial charge in [0.1, 0.15) is 0 Å². The van der Waals surface area contributed by atoms with Gasteiger partial charge < -0.3 is 5.11 Å². The van der Waals surface area contributed by atoms with E-state index in [1.165, 1.54) is 24.3 Å². The van der Waals surface area contributed by atoms with Gasteiger partial charge in [-0.3, -0.25) is 9.71 Å². The van der Waals surface area contributed by atoms with Crippen LogP contribution in [0.15, 0.2) is 47.5 Å². The number of anilines is 1. The maximum atomic E-state index is 12.1. The summed E-state index contributed by atoms with van der Waals surface area (Å²) in [4.78, 5) is 14.7. The van der Waals surface area contributed by atoms with Crippen molar-refractivity contribution in [1.29, 1.82) is 0 Å². The fourth-order valence-electron chi connectivity index (χ4n) is 1.57. The Labute approximate surface area is 116 Å². The quantitative estimate of drug-likeness (QED) is 0.897. The summed E-state index contributed by atoms with van der Waals surface area (Å²) in [5.41, 5.74) is 0.967. The Morgan fingerprint density at radius 2 is 1.85 bits per heavy atom. The molecule has 2 aromatic rings. The number of carboxylic acids is 1. The van der Waals surface area contributed by atoms with Gasteiger partial charge >= 0.3 is 5.97 Å². The number of nitrogens with one attached hydrogen (secondary N) is 1. The molecular weight excluding hydrogens is 280 g/mol. The van der Waals surface area contributed by atoms with Gasteiger partial charge in [0.15, 0.2) is 0 Å². The second kappa shape index (κ2) is 5.30. The molecule has 0 aliphatic heterocycles. The van der Waals surface area contributed by atoms with Crippen LogP contribution in [0.1, 0.15) is 16.1 Å². The van der Waals surface area contributed by atoms with Crippen LogP contribution in [0.2, 0.25) is 0 Å². The Morgan fingerprint density at radius 1 is 1.20 bits per heavy atom. The van der Waals surface area contributed by atoms with Crippen molar-refractivity contribution in [3.63, 3.8) is 0 Å². The van der Waals surface area contributed by atoms with Crippen molar-refractivity contribution < 1.29 is 18.3 Å². The number of sulfonamides is 1. The fraction of sp³-hybridized carbons (Fsp3) is 0.0769. The predicted octanol–water partition coefficient (Wildman–Crippen LogP) is 1.89. The van der Waals surface area contributed by atoms with E-state index in [-0.39, 0.29) is 10.5 Å².